The molecule has 105 heavy (non-hydrogen) atoms. The summed E-state index contributed by atoms with van der Waals surface area (Å²) >= 11 is 0. The maximum Gasteiger partial charge on any atom is 0.326 e. The van der Waals surface area contributed by atoms with Crippen molar-refractivity contribution in [3.8, 4) is 5.75 Å². The number of aliphatic carboxylic acids is 9. The molecule has 1 heterocycles. The summed E-state index contributed by atoms with van der Waals surface area (Å²) in [5.74, 6) is -17.3. The Labute approximate surface area is 601 Å². The van der Waals surface area contributed by atoms with Crippen LogP contribution in [-0.4, -0.2) is 293 Å². The molecule has 1 fully saturated rings. The van der Waals surface area contributed by atoms with Gasteiger partial charge >= 0.3 is 59.8 Å². The van der Waals surface area contributed by atoms with E-state index >= 15 is 0 Å². The highest BCUT2D eigenvalue weighted by atomic mass is 16.4. The lowest BCUT2D eigenvalue weighted by Gasteiger charge is -2.35. The Hall–Kier alpha value is -11.1. The number of phenolic OH excluding ortho intramolecular Hbond substituents is 1. The van der Waals surface area contributed by atoms with E-state index in [2.05, 4.69) is 31.9 Å². The fourth-order valence-electron chi connectivity index (χ4n) is 11.2. The van der Waals surface area contributed by atoms with E-state index in [9.17, 15) is 123 Å². The van der Waals surface area contributed by atoms with Crippen LogP contribution in [0.15, 0.2) is 66.7 Å². The van der Waals surface area contributed by atoms with Crippen LogP contribution in [0.2, 0.25) is 0 Å². The number of hydrogen-bond donors (Lipinski definition) is 18. The Bertz CT molecular complexity index is 3490. The van der Waals surface area contributed by atoms with Crippen molar-refractivity contribution in [2.45, 2.75) is 139 Å². The summed E-state index contributed by atoms with van der Waals surface area (Å²) in [7, 11) is 0. The minimum atomic E-state index is -1.74. The van der Waals surface area contributed by atoms with Crippen molar-refractivity contribution in [3.05, 3.63) is 77.9 Å². The van der Waals surface area contributed by atoms with Gasteiger partial charge in [-0.05, 0) is 85.4 Å². The number of fused-ring (bicyclic) bond motifs is 1. The molecular weight excluding hydrogens is 1390 g/mol. The van der Waals surface area contributed by atoms with Crippen molar-refractivity contribution in [2.24, 2.45) is 0 Å². The highest BCUT2D eigenvalue weighted by molar-refractivity contribution is 5.94. The third-order valence-corrected chi connectivity index (χ3v) is 16.8. The van der Waals surface area contributed by atoms with E-state index in [4.69, 9.17) is 5.11 Å². The first-order valence-electron chi connectivity index (χ1n) is 33.7. The van der Waals surface area contributed by atoms with Crippen LogP contribution in [0.3, 0.4) is 0 Å². The summed E-state index contributed by atoms with van der Waals surface area (Å²) in [6.07, 6.45) is -4.33. The van der Waals surface area contributed by atoms with Gasteiger partial charge in [-0.15, -0.1) is 0 Å². The molecule has 0 aliphatic carbocycles. The molecule has 0 aromatic heterocycles. The first-order chi connectivity index (χ1) is 49.7. The Morgan fingerprint density at radius 3 is 1.24 bits per heavy atom. The third-order valence-electron chi connectivity index (χ3n) is 16.8. The van der Waals surface area contributed by atoms with Gasteiger partial charge in [0, 0.05) is 110 Å². The summed E-state index contributed by atoms with van der Waals surface area (Å²) < 4.78 is 0. The number of nitrogens with one attached hydrogen (secondary N) is 8. The lowest BCUT2D eigenvalue weighted by atomic mass is 9.99. The normalized spacial score (nSPS) is 15.3. The zero-order valence-electron chi connectivity index (χ0n) is 57.5. The number of phenols is 1. The maximum absolute atomic E-state index is 14.7. The van der Waals surface area contributed by atoms with Crippen molar-refractivity contribution >= 4 is 106 Å². The highest BCUT2D eigenvalue weighted by Crippen LogP contribution is 2.19. The molecule has 38 heteroatoms. The average molecular weight is 1480 g/mol. The first-order valence-corrected chi connectivity index (χ1v) is 33.7. The monoisotopic (exact) mass is 1480 g/mol. The zero-order chi connectivity index (χ0) is 77.7. The molecule has 7 atom stereocenters. The van der Waals surface area contributed by atoms with Gasteiger partial charge in [-0.25, -0.2) is 24.0 Å². The molecule has 1 saturated heterocycles. The fourth-order valence-corrected chi connectivity index (χ4v) is 11.2. The minimum absolute atomic E-state index is 0.00920. The van der Waals surface area contributed by atoms with Crippen molar-refractivity contribution in [1.29, 1.82) is 0 Å². The molecule has 18 N–H and O–H groups in total. The van der Waals surface area contributed by atoms with E-state index in [1.54, 1.807) is 24.3 Å². The number of urea groups is 1. The predicted octanol–water partition coefficient (Wildman–Crippen LogP) is -2.04. The van der Waals surface area contributed by atoms with Gasteiger partial charge in [0.1, 0.15) is 48.0 Å². The van der Waals surface area contributed by atoms with Crippen molar-refractivity contribution in [1.82, 2.24) is 62.1 Å². The van der Waals surface area contributed by atoms with Crippen LogP contribution in [0.4, 0.5) is 4.79 Å². The molecule has 3 aromatic rings. The number of unbranched alkanes of at least 4 members (excludes halogenated alkanes) is 1. The second kappa shape index (κ2) is 45.1. The summed E-state index contributed by atoms with van der Waals surface area (Å²) in [4.78, 5) is 207. The van der Waals surface area contributed by atoms with Crippen LogP contribution in [0, 0.1) is 0 Å². The molecule has 3 unspecified atom stereocenters. The number of carboxylic acids is 9. The van der Waals surface area contributed by atoms with Gasteiger partial charge in [-0.2, -0.15) is 0 Å². The van der Waals surface area contributed by atoms with Crippen molar-refractivity contribution in [3.63, 3.8) is 0 Å². The number of amides is 8. The Morgan fingerprint density at radius 2 is 0.752 bits per heavy atom. The molecule has 1 aliphatic rings. The summed E-state index contributed by atoms with van der Waals surface area (Å²) in [5.41, 5.74) is 0.946. The molecule has 1 aliphatic heterocycles. The summed E-state index contributed by atoms with van der Waals surface area (Å²) in [6.45, 7) is -1.40. The Morgan fingerprint density at radius 1 is 0.352 bits per heavy atom. The standard InChI is InChI=1S/C67H92N12O26/c80-44-14-11-40(12-15-44)35-49(71-55(84)20-18-51(66(103)104)79-32-30-77(38-58(89)90)28-26-76(37-57(87)88)27-29-78(31-33-79)39-59(91)92)60(93)73-50(36-41-10-13-42-6-1-2-7-43(42)34-41)61(94)72-46(63(97)98)8-3-4-24-68-52(81)21-22-53(82)69-25-5-9-45(62(95)96)70-54(83)19-16-47(64(99)100)74-67(105)75-48(65(101)102)17-23-56(85)86/h1-2,6-7,10-15,34,45-51,80H,3-5,8-9,16-33,35-39H2,(H,68,81)(H,69,82)(H,70,83)(H,71,84)(H,72,94)(H,73,93)(H,85,86)(H,87,88)(H,89,90)(H,91,92)(H,95,96)(H,97,98)(H,99,100)(H,101,102)(H,103,104)(H2,74,75,105)/t45?,46-,47+,48+,49-,50?,51?/m1/s1. The van der Waals surface area contributed by atoms with Crippen LogP contribution in [-0.2, 0) is 84.8 Å². The van der Waals surface area contributed by atoms with E-state index in [0.29, 0.717) is 11.1 Å². The van der Waals surface area contributed by atoms with E-state index in [-0.39, 0.29) is 135 Å². The van der Waals surface area contributed by atoms with Gasteiger partial charge < -0.3 is 93.6 Å². The van der Waals surface area contributed by atoms with Crippen LogP contribution < -0.4 is 42.5 Å². The van der Waals surface area contributed by atoms with Gasteiger partial charge in [-0.3, -0.25) is 72.3 Å². The largest absolute Gasteiger partial charge is 0.508 e. The molecule has 0 saturated carbocycles. The van der Waals surface area contributed by atoms with E-state index in [0.717, 1.165) is 10.8 Å². The number of benzene rings is 3. The van der Waals surface area contributed by atoms with Crippen molar-refractivity contribution < 1.29 is 128 Å². The number of hydrogen-bond acceptors (Lipinski definition) is 21. The van der Waals surface area contributed by atoms with Crippen LogP contribution in [0.25, 0.3) is 10.8 Å². The zero-order valence-corrected chi connectivity index (χ0v) is 57.5. The van der Waals surface area contributed by atoms with Gasteiger partial charge in [0.2, 0.25) is 35.4 Å². The number of carboxylic acid groups (broad SMARTS) is 9. The number of aromatic hydroxyl groups is 1. The van der Waals surface area contributed by atoms with Gasteiger partial charge in [0.05, 0.1) is 19.6 Å². The quantitative estimate of drug-likeness (QED) is 0.0271. The fraction of sp³-hybridized carbons (Fsp3) is 0.522. The second-order valence-corrected chi connectivity index (χ2v) is 24.9. The number of carbonyl (C=O) groups excluding carboxylic acids is 7. The Balaban J connectivity index is 1.36. The molecule has 3 aromatic carbocycles. The number of carbonyl (C=O) groups is 16. The molecule has 0 spiro atoms. The Kier molecular flexibility index (Phi) is 37.0. The molecule has 0 radical (unpaired) electrons. The molecule has 38 nitrogen and oxygen atoms in total. The molecule has 576 valence electrons. The predicted molar refractivity (Wildman–Crippen MR) is 366 cm³/mol. The first kappa shape index (κ1) is 86.3. The lowest BCUT2D eigenvalue weighted by Crippen LogP contribution is -2.57. The molecule has 4 rings (SSSR count). The van der Waals surface area contributed by atoms with Gasteiger partial charge in [0.15, 0.2) is 0 Å². The summed E-state index contributed by atoms with van der Waals surface area (Å²) in [6, 6.07) is 5.95. The molecule has 0 bridgehead atoms. The van der Waals surface area contributed by atoms with E-state index in [1.165, 1.54) is 43.9 Å². The topological polar surface area (TPSA) is 585 Å². The highest BCUT2D eigenvalue weighted by Gasteiger charge is 2.34. The summed E-state index contributed by atoms with van der Waals surface area (Å²) in [5, 5.41) is 118. The van der Waals surface area contributed by atoms with E-state index in [1.807, 2.05) is 28.8 Å². The van der Waals surface area contributed by atoms with Crippen LogP contribution >= 0.6 is 0 Å². The third kappa shape index (κ3) is 34.1. The minimum Gasteiger partial charge on any atom is -0.508 e. The van der Waals surface area contributed by atoms with Crippen LogP contribution in [0.1, 0.15) is 94.6 Å². The lowest BCUT2D eigenvalue weighted by molar-refractivity contribution is -0.145. The SMILES string of the molecule is O=C(O)CC[C@H](NC(=O)N[C@@H](CCC(=O)NC(CCCNC(=O)CCC(=O)NCCCC[C@@H](NC(=O)C(Cc1ccc2ccccc2c1)NC(=O)[C@@H](Cc1ccc(O)cc1)NC(=O)CCC(C(=O)O)N1CCN(CC(=O)O)CCN(CC(=O)O)CCN(CC(=O)O)CC1)C(=O)O)C(=O)O)C(=O)O)C(=O)O. The van der Waals surface area contributed by atoms with E-state index < -0.39 is 189 Å². The smallest absolute Gasteiger partial charge is 0.326 e. The second-order valence-electron chi connectivity index (χ2n) is 24.9. The number of nitrogens with zero attached hydrogens (tertiary/aromatic N) is 4. The van der Waals surface area contributed by atoms with Crippen LogP contribution in [0.5, 0.6) is 5.75 Å². The average Bonchev–Trinajstić information content (AvgIpc) is 0.835. The molecule has 8 amide bonds. The number of rotatable bonds is 45. The van der Waals surface area contributed by atoms with Gasteiger partial charge in [-0.1, -0.05) is 54.6 Å². The van der Waals surface area contributed by atoms with Gasteiger partial charge in [0.25, 0.3) is 0 Å². The molecular formula is C67H92N12O26. The maximum atomic E-state index is 14.7. The van der Waals surface area contributed by atoms with Crippen molar-refractivity contribution in [2.75, 3.05) is 85.1 Å².